The average molecular weight is 324 g/mol. The fourth-order valence-electron chi connectivity index (χ4n) is 3.50. The molecular weight excluding hydrogens is 306 g/mol. The number of rotatable bonds is 2. The zero-order valence-corrected chi connectivity index (χ0v) is 15.8. The van der Waals surface area contributed by atoms with Crippen LogP contribution in [-0.4, -0.2) is 39.2 Å². The summed E-state index contributed by atoms with van der Waals surface area (Å²) in [6.07, 6.45) is 0. The maximum absolute atomic E-state index is 6.37. The Morgan fingerprint density at radius 1 is 0.583 bits per heavy atom. The van der Waals surface area contributed by atoms with Gasteiger partial charge < -0.3 is 0 Å². The first-order valence-corrected chi connectivity index (χ1v) is 8.72. The van der Waals surface area contributed by atoms with Gasteiger partial charge in [-0.15, -0.1) is 16.4 Å². The second-order valence-corrected chi connectivity index (χ2v) is 6.99. The molecule has 0 radical (unpaired) electrons. The van der Waals surface area contributed by atoms with Crippen molar-refractivity contribution in [2.75, 3.05) is 0 Å². The van der Waals surface area contributed by atoms with Crippen molar-refractivity contribution in [3.05, 3.63) is 53.6 Å². The van der Waals surface area contributed by atoms with Crippen LogP contribution < -0.4 is 27.3 Å². The fraction of sp³-hybridized carbons (Fsp3) is 0. The van der Waals surface area contributed by atoms with Gasteiger partial charge in [0.2, 0.25) is 0 Å². The average Bonchev–Trinajstić information content (AvgIpc) is 2.59. The molecule has 3 aromatic rings. The lowest BCUT2D eigenvalue weighted by atomic mass is 9.59. The smallest absolute Gasteiger partial charge is 0.102 e. The Kier molecular flexibility index (Phi) is 4.74. The predicted octanol–water partition coefficient (Wildman–Crippen LogP) is -3.03. The van der Waals surface area contributed by atoms with Crippen molar-refractivity contribution in [3.8, 4) is 22.3 Å². The second kappa shape index (κ2) is 6.65. The lowest BCUT2D eigenvalue weighted by molar-refractivity contribution is 1.61. The van der Waals surface area contributed by atoms with E-state index < -0.39 is 0 Å². The summed E-state index contributed by atoms with van der Waals surface area (Å²) in [4.78, 5) is 0. The van der Waals surface area contributed by atoms with Crippen molar-refractivity contribution < 1.29 is 0 Å². The number of hydrogen-bond acceptors (Lipinski definition) is 0. The van der Waals surface area contributed by atoms with Crippen LogP contribution in [0.1, 0.15) is 0 Å². The van der Waals surface area contributed by atoms with E-state index in [2.05, 4.69) is 81.7 Å². The highest BCUT2D eigenvalue weighted by Gasteiger charge is 2.16. The van der Waals surface area contributed by atoms with E-state index in [0.717, 1.165) is 5.02 Å². The van der Waals surface area contributed by atoms with Crippen LogP contribution in [0, 0.1) is 0 Å². The number of hydrogen-bond donors (Lipinski definition) is 0. The van der Waals surface area contributed by atoms with Crippen LogP contribution in [0.25, 0.3) is 22.3 Å². The Morgan fingerprint density at radius 2 is 1.12 bits per heavy atom. The summed E-state index contributed by atoms with van der Waals surface area (Å²) in [5.41, 5.74) is 11.8. The van der Waals surface area contributed by atoms with Crippen molar-refractivity contribution in [1.29, 1.82) is 0 Å². The molecule has 0 spiro atoms. The van der Waals surface area contributed by atoms with E-state index in [9.17, 15) is 0 Å². The van der Waals surface area contributed by atoms with E-state index in [1.165, 1.54) is 49.6 Å². The third-order valence-corrected chi connectivity index (χ3v) is 5.57. The summed E-state index contributed by atoms with van der Waals surface area (Å²) < 4.78 is 0. The zero-order valence-electron chi connectivity index (χ0n) is 15.0. The van der Waals surface area contributed by atoms with Gasteiger partial charge in [0.15, 0.2) is 0 Å². The minimum absolute atomic E-state index is 0.777. The molecule has 0 atom stereocenters. The Hall–Kier alpha value is -1.73. The SMILES string of the molecule is Bc1c(B)c(B)c(-c2cc(Cl)ccc2-c2ccccc2)c(B)c1B. The van der Waals surface area contributed by atoms with Crippen molar-refractivity contribution in [3.63, 3.8) is 0 Å². The lowest BCUT2D eigenvalue weighted by Crippen LogP contribution is -2.55. The standard InChI is InChI=1S/C18H18B5Cl/c19-14-13(15(20)17(22)18(23)16(14)21)12-8-10(24)6-7-11(12)9-4-2-1-3-5-9/h1-8H,19-23H2. The molecule has 6 heteroatoms. The van der Waals surface area contributed by atoms with Crippen molar-refractivity contribution >= 4 is 78.1 Å². The van der Waals surface area contributed by atoms with Gasteiger partial charge in [-0.3, -0.25) is 0 Å². The molecule has 0 amide bonds. The van der Waals surface area contributed by atoms with Gasteiger partial charge >= 0.3 is 0 Å². The largest absolute Gasteiger partial charge is 0.139 e. The minimum atomic E-state index is 0.777. The summed E-state index contributed by atoms with van der Waals surface area (Å²) in [5.74, 6) is 0. The Morgan fingerprint density at radius 3 is 1.71 bits per heavy atom. The molecule has 112 valence electrons. The van der Waals surface area contributed by atoms with E-state index in [1.54, 1.807) is 0 Å². The van der Waals surface area contributed by atoms with Crippen LogP contribution in [0.5, 0.6) is 0 Å². The fourth-order valence-corrected chi connectivity index (χ4v) is 3.67. The van der Waals surface area contributed by atoms with Gasteiger partial charge in [0.05, 0.1) is 0 Å². The molecule has 0 aliphatic rings. The molecule has 0 N–H and O–H groups in total. The highest BCUT2D eigenvalue weighted by molar-refractivity contribution is 6.68. The minimum Gasteiger partial charge on any atom is -0.102 e. The molecule has 0 saturated carbocycles. The van der Waals surface area contributed by atoms with Crippen LogP contribution in [0.2, 0.25) is 5.02 Å². The molecule has 0 aromatic heterocycles. The van der Waals surface area contributed by atoms with Gasteiger partial charge in [-0.05, 0) is 34.4 Å². The molecule has 0 saturated heterocycles. The van der Waals surface area contributed by atoms with Crippen LogP contribution in [-0.2, 0) is 0 Å². The third-order valence-electron chi connectivity index (χ3n) is 5.34. The Balaban J connectivity index is 2.38. The van der Waals surface area contributed by atoms with Crippen LogP contribution in [0.4, 0.5) is 0 Å². The summed E-state index contributed by atoms with van der Waals surface area (Å²) in [5, 5.41) is 0.777. The molecule has 0 nitrogen and oxygen atoms in total. The van der Waals surface area contributed by atoms with Crippen molar-refractivity contribution in [2.45, 2.75) is 0 Å². The van der Waals surface area contributed by atoms with E-state index in [-0.39, 0.29) is 0 Å². The predicted molar refractivity (Wildman–Crippen MR) is 123 cm³/mol. The van der Waals surface area contributed by atoms with Crippen LogP contribution in [0.15, 0.2) is 48.5 Å². The molecular formula is C18H18B5Cl. The maximum atomic E-state index is 6.37. The van der Waals surface area contributed by atoms with Crippen molar-refractivity contribution in [2.24, 2.45) is 0 Å². The molecule has 0 bridgehead atoms. The van der Waals surface area contributed by atoms with Gasteiger partial charge in [-0.1, -0.05) is 58.9 Å². The molecule has 0 aliphatic carbocycles. The van der Waals surface area contributed by atoms with Gasteiger partial charge in [0.1, 0.15) is 39.2 Å². The second-order valence-electron chi connectivity index (χ2n) is 6.56. The summed E-state index contributed by atoms with van der Waals surface area (Å²) in [6, 6.07) is 16.8. The highest BCUT2D eigenvalue weighted by Crippen LogP contribution is 2.32. The molecule has 24 heavy (non-hydrogen) atoms. The molecule has 0 heterocycles. The lowest BCUT2D eigenvalue weighted by Gasteiger charge is -2.22. The summed E-state index contributed by atoms with van der Waals surface area (Å²) >= 11 is 6.37. The first-order valence-electron chi connectivity index (χ1n) is 8.34. The first kappa shape index (κ1) is 17.1. The van der Waals surface area contributed by atoms with E-state index in [4.69, 9.17) is 11.6 Å². The molecule has 0 aliphatic heterocycles. The van der Waals surface area contributed by atoms with Gasteiger partial charge in [-0.25, -0.2) is 0 Å². The third kappa shape index (κ3) is 2.86. The molecule has 3 aromatic carbocycles. The molecule has 0 unspecified atom stereocenters. The molecule has 3 rings (SSSR count). The van der Waals surface area contributed by atoms with Crippen LogP contribution in [0.3, 0.4) is 0 Å². The van der Waals surface area contributed by atoms with E-state index in [0.29, 0.717) is 0 Å². The Bertz CT molecular complexity index is 893. The van der Waals surface area contributed by atoms with Gasteiger partial charge in [0.25, 0.3) is 0 Å². The summed E-state index contributed by atoms with van der Waals surface area (Å²) in [6.45, 7) is 0. The normalized spacial score (nSPS) is 10.7. The van der Waals surface area contributed by atoms with Crippen molar-refractivity contribution in [1.82, 2.24) is 0 Å². The first-order chi connectivity index (χ1) is 11.4. The topological polar surface area (TPSA) is 0 Å². The summed E-state index contributed by atoms with van der Waals surface area (Å²) in [7, 11) is 11.1. The maximum Gasteiger partial charge on any atom is 0.139 e. The number of benzene rings is 3. The molecule has 0 fully saturated rings. The van der Waals surface area contributed by atoms with Gasteiger partial charge in [0, 0.05) is 5.02 Å². The van der Waals surface area contributed by atoms with Gasteiger partial charge in [-0.2, -0.15) is 0 Å². The zero-order chi connectivity index (χ0) is 17.4. The number of halogens is 1. The highest BCUT2D eigenvalue weighted by atomic mass is 35.5. The monoisotopic (exact) mass is 324 g/mol. The van der Waals surface area contributed by atoms with E-state index >= 15 is 0 Å². The van der Waals surface area contributed by atoms with Crippen LogP contribution >= 0.6 is 11.6 Å². The van der Waals surface area contributed by atoms with E-state index in [1.807, 2.05) is 6.07 Å². The quantitative estimate of drug-likeness (QED) is 0.440. The Labute approximate surface area is 154 Å².